The van der Waals surface area contributed by atoms with Crippen LogP contribution in [0, 0.1) is 17.2 Å². The molecule has 0 saturated carbocycles. The lowest BCUT2D eigenvalue weighted by atomic mass is 9.98. The van der Waals surface area contributed by atoms with E-state index in [0.717, 1.165) is 34.1 Å². The highest BCUT2D eigenvalue weighted by atomic mass is 32.2. The minimum absolute atomic E-state index is 0.0188. The van der Waals surface area contributed by atoms with Crippen molar-refractivity contribution in [2.75, 3.05) is 12.3 Å². The quantitative estimate of drug-likeness (QED) is 0.235. The van der Waals surface area contributed by atoms with Gasteiger partial charge in [-0.05, 0) is 46.9 Å². The fraction of sp³-hybridized carbons (Fsp3) is 0.344. The number of nitrogens with one attached hydrogen (secondary N) is 2. The van der Waals surface area contributed by atoms with Crippen LogP contribution in [0.1, 0.15) is 55.4 Å². The van der Waals surface area contributed by atoms with E-state index in [1.54, 1.807) is 25.3 Å². The Morgan fingerprint density at radius 1 is 1.07 bits per heavy atom. The van der Waals surface area contributed by atoms with Crippen molar-refractivity contribution in [2.45, 2.75) is 52.6 Å². The van der Waals surface area contributed by atoms with Gasteiger partial charge in [0.25, 0.3) is 0 Å². The van der Waals surface area contributed by atoms with Gasteiger partial charge in [0.1, 0.15) is 5.82 Å². The molecule has 214 valence electrons. The van der Waals surface area contributed by atoms with Gasteiger partial charge in [-0.1, -0.05) is 74.9 Å². The minimum Gasteiger partial charge on any atom is -0.351 e. The molecule has 9 heteroatoms. The van der Waals surface area contributed by atoms with Gasteiger partial charge in [-0.25, -0.2) is 13.4 Å². The van der Waals surface area contributed by atoms with E-state index >= 15 is 0 Å². The number of nitrogens with zero attached hydrogens (tertiary/aromatic N) is 3. The van der Waals surface area contributed by atoms with Crippen molar-refractivity contribution in [2.24, 2.45) is 5.92 Å². The van der Waals surface area contributed by atoms with E-state index in [-0.39, 0.29) is 43.1 Å². The molecule has 0 fully saturated rings. The Hall–Kier alpha value is -4.00. The first-order valence-corrected chi connectivity index (χ1v) is 15.6. The van der Waals surface area contributed by atoms with Crippen LogP contribution in [0.25, 0.3) is 10.8 Å². The molecular weight excluding hydrogens is 534 g/mol. The number of rotatable bonds is 13. The molecule has 0 aliphatic carbocycles. The van der Waals surface area contributed by atoms with E-state index in [1.165, 1.54) is 4.31 Å². The van der Waals surface area contributed by atoms with Crippen LogP contribution >= 0.6 is 0 Å². The summed E-state index contributed by atoms with van der Waals surface area (Å²) < 4.78 is 28.0. The van der Waals surface area contributed by atoms with Crippen molar-refractivity contribution in [3.63, 3.8) is 0 Å². The molecule has 0 spiro atoms. The van der Waals surface area contributed by atoms with Gasteiger partial charge in [0.2, 0.25) is 15.9 Å². The van der Waals surface area contributed by atoms with E-state index in [1.807, 2.05) is 68.4 Å². The molecule has 4 aromatic rings. The first kappa shape index (κ1) is 30.0. The molecule has 0 saturated heterocycles. The van der Waals surface area contributed by atoms with Crippen molar-refractivity contribution >= 4 is 26.7 Å². The average Bonchev–Trinajstić information content (AvgIpc) is 3.42. The zero-order valence-electron chi connectivity index (χ0n) is 23.8. The summed E-state index contributed by atoms with van der Waals surface area (Å²) in [5, 5.41) is 14.2. The maximum atomic E-state index is 13.2. The zero-order chi connectivity index (χ0) is 29.4. The number of aromatic nitrogens is 2. The van der Waals surface area contributed by atoms with Crippen LogP contribution < -0.4 is 5.32 Å². The molecule has 2 atom stereocenters. The molecule has 0 bridgehead atoms. The highest BCUT2D eigenvalue weighted by Gasteiger charge is 2.28. The van der Waals surface area contributed by atoms with Gasteiger partial charge in [-0.3, -0.25) is 4.79 Å². The van der Waals surface area contributed by atoms with Gasteiger partial charge in [0.05, 0.1) is 23.8 Å². The number of carbonyl (C=O) groups excluding carboxylic acids is 1. The fourth-order valence-electron chi connectivity index (χ4n) is 4.86. The smallest absolute Gasteiger partial charge is 0.226 e. The van der Waals surface area contributed by atoms with Crippen LogP contribution in [-0.4, -0.2) is 46.9 Å². The third-order valence-electron chi connectivity index (χ3n) is 7.55. The molecule has 3 aromatic carbocycles. The van der Waals surface area contributed by atoms with E-state index in [0.29, 0.717) is 17.7 Å². The minimum atomic E-state index is -3.54. The Balaban J connectivity index is 1.46. The number of hydrogen-bond donors (Lipinski definition) is 2. The van der Waals surface area contributed by atoms with E-state index in [4.69, 9.17) is 5.26 Å². The van der Waals surface area contributed by atoms with E-state index in [2.05, 4.69) is 21.4 Å². The van der Waals surface area contributed by atoms with Crippen molar-refractivity contribution < 1.29 is 13.2 Å². The summed E-state index contributed by atoms with van der Waals surface area (Å²) in [5.41, 5.74) is 3.22. The molecule has 0 radical (unpaired) electrons. The molecule has 8 nitrogen and oxygen atoms in total. The molecule has 1 heterocycles. The van der Waals surface area contributed by atoms with Crippen molar-refractivity contribution in [1.82, 2.24) is 19.6 Å². The largest absolute Gasteiger partial charge is 0.351 e. The lowest BCUT2D eigenvalue weighted by Crippen LogP contribution is -2.49. The fourth-order valence-corrected chi connectivity index (χ4v) is 5.95. The standard InChI is InChI=1S/C32H37N5O3S/c1-4-23(3)30(22-37(41(39,40)5-2)21-27-11-8-10-26-9-6-7-12-29(26)27)36-32(38)18-28-20-34-31(35-28)17-24-13-15-25(19-33)16-14-24/h6-16,20,23,30H,4-5,17-18,21-22H2,1-3H3,(H,34,35)(H,36,38). The summed E-state index contributed by atoms with van der Waals surface area (Å²) in [7, 11) is -3.54. The van der Waals surface area contributed by atoms with E-state index < -0.39 is 10.0 Å². The maximum absolute atomic E-state index is 13.2. The Kier molecular flexibility index (Phi) is 9.92. The van der Waals surface area contributed by atoms with Crippen LogP contribution in [0.4, 0.5) is 0 Å². The summed E-state index contributed by atoms with van der Waals surface area (Å²) in [6, 6.07) is 22.9. The zero-order valence-corrected chi connectivity index (χ0v) is 24.6. The summed E-state index contributed by atoms with van der Waals surface area (Å²) in [6.07, 6.45) is 3.11. The molecule has 0 aliphatic heterocycles. The molecule has 1 amide bonds. The summed E-state index contributed by atoms with van der Waals surface area (Å²) in [6.45, 7) is 6.14. The van der Waals surface area contributed by atoms with Crippen LogP contribution in [0.5, 0.6) is 0 Å². The summed E-state index contributed by atoms with van der Waals surface area (Å²) in [4.78, 5) is 20.8. The van der Waals surface area contributed by atoms with Crippen LogP contribution in [-0.2, 0) is 34.2 Å². The molecule has 2 N–H and O–H groups in total. The lowest BCUT2D eigenvalue weighted by Gasteiger charge is -2.31. The predicted octanol–water partition coefficient (Wildman–Crippen LogP) is 4.95. The Bertz CT molecular complexity index is 1620. The van der Waals surface area contributed by atoms with Gasteiger partial charge in [-0.2, -0.15) is 9.57 Å². The molecule has 1 aromatic heterocycles. The number of aromatic amines is 1. The number of H-pyrrole nitrogens is 1. The topological polar surface area (TPSA) is 119 Å². The normalized spacial score (nSPS) is 13.1. The summed E-state index contributed by atoms with van der Waals surface area (Å²) >= 11 is 0. The number of benzene rings is 3. The molecule has 0 aliphatic rings. The Labute approximate surface area is 242 Å². The predicted molar refractivity (Wildman–Crippen MR) is 161 cm³/mol. The van der Waals surface area contributed by atoms with Gasteiger partial charge < -0.3 is 10.3 Å². The van der Waals surface area contributed by atoms with Crippen LogP contribution in [0.2, 0.25) is 0 Å². The second-order valence-corrected chi connectivity index (χ2v) is 12.7. The lowest BCUT2D eigenvalue weighted by molar-refractivity contribution is -0.121. The second kappa shape index (κ2) is 13.6. The molecule has 2 unspecified atom stereocenters. The number of imidazole rings is 1. The van der Waals surface area contributed by atoms with Gasteiger partial charge >= 0.3 is 0 Å². The third kappa shape index (κ3) is 7.81. The monoisotopic (exact) mass is 571 g/mol. The first-order chi connectivity index (χ1) is 19.7. The van der Waals surface area contributed by atoms with Crippen LogP contribution in [0.3, 0.4) is 0 Å². The SMILES string of the molecule is CCC(C)C(CN(Cc1cccc2ccccc12)S(=O)(=O)CC)NC(=O)Cc1cnc(Cc2ccc(C#N)cc2)[nH]1. The molecule has 41 heavy (non-hydrogen) atoms. The second-order valence-electron chi connectivity index (χ2n) is 10.4. The van der Waals surface area contributed by atoms with Crippen LogP contribution in [0.15, 0.2) is 72.9 Å². The highest BCUT2D eigenvalue weighted by molar-refractivity contribution is 7.89. The number of hydrogen-bond acceptors (Lipinski definition) is 5. The number of carbonyl (C=O) groups is 1. The third-order valence-corrected chi connectivity index (χ3v) is 9.34. The average molecular weight is 572 g/mol. The van der Waals surface area contributed by atoms with Crippen molar-refractivity contribution in [1.29, 1.82) is 5.26 Å². The number of fused-ring (bicyclic) bond motifs is 1. The Morgan fingerprint density at radius 2 is 1.80 bits per heavy atom. The molecular formula is C32H37N5O3S. The highest BCUT2D eigenvalue weighted by Crippen LogP contribution is 2.22. The van der Waals surface area contributed by atoms with Crippen molar-refractivity contribution in [3.05, 3.63) is 101 Å². The van der Waals surface area contributed by atoms with Gasteiger partial charge in [-0.15, -0.1) is 0 Å². The summed E-state index contributed by atoms with van der Waals surface area (Å²) in [5.74, 6) is 0.582. The first-order valence-electron chi connectivity index (χ1n) is 14.0. The van der Waals surface area contributed by atoms with E-state index in [9.17, 15) is 13.2 Å². The number of amides is 1. The maximum Gasteiger partial charge on any atom is 0.226 e. The van der Waals surface area contributed by atoms with Crippen molar-refractivity contribution in [3.8, 4) is 6.07 Å². The number of nitriles is 1. The van der Waals surface area contributed by atoms with Gasteiger partial charge in [0, 0.05) is 37.4 Å². The molecule has 4 rings (SSSR count). The van der Waals surface area contributed by atoms with Gasteiger partial charge in [0.15, 0.2) is 0 Å². The number of sulfonamides is 1. The Morgan fingerprint density at radius 3 is 2.51 bits per heavy atom.